The van der Waals surface area contributed by atoms with Crippen LogP contribution in [0.5, 0.6) is 5.75 Å². The average Bonchev–Trinajstić information content (AvgIpc) is 2.66. The second-order valence-electron chi connectivity index (χ2n) is 8.64. The molecule has 0 spiro atoms. The third-order valence-electron chi connectivity index (χ3n) is 6.14. The van der Waals surface area contributed by atoms with Gasteiger partial charge in [0.15, 0.2) is 0 Å². The van der Waals surface area contributed by atoms with Crippen molar-refractivity contribution in [2.75, 3.05) is 30.4 Å². The van der Waals surface area contributed by atoms with Gasteiger partial charge in [0.05, 0.1) is 30.3 Å². The van der Waals surface area contributed by atoms with Crippen molar-refractivity contribution < 1.29 is 27.4 Å². The van der Waals surface area contributed by atoms with Crippen LogP contribution in [0, 0.1) is 5.92 Å². The van der Waals surface area contributed by atoms with Crippen molar-refractivity contribution in [2.45, 2.75) is 38.6 Å². The summed E-state index contributed by atoms with van der Waals surface area (Å²) in [7, 11) is 1.36. The summed E-state index contributed by atoms with van der Waals surface area (Å²) in [6.45, 7) is 6.66. The summed E-state index contributed by atoms with van der Waals surface area (Å²) < 4.78 is 51.6. The van der Waals surface area contributed by atoms with E-state index in [2.05, 4.69) is 5.32 Å². The number of fused-ring (bicyclic) bond motifs is 1. The van der Waals surface area contributed by atoms with Crippen LogP contribution in [-0.4, -0.2) is 37.8 Å². The highest BCUT2D eigenvalue weighted by molar-refractivity contribution is 5.86. The number of nitrogens with one attached hydrogen (secondary N) is 1. The first kappa shape index (κ1) is 21.3. The van der Waals surface area contributed by atoms with Crippen LogP contribution in [0.4, 0.5) is 24.5 Å². The van der Waals surface area contributed by atoms with Crippen LogP contribution in [0.2, 0.25) is 0 Å². The Kier molecular flexibility index (Phi) is 5.06. The number of ether oxygens (including phenoxy) is 2. The van der Waals surface area contributed by atoms with Crippen LogP contribution in [0.1, 0.15) is 26.3 Å². The van der Waals surface area contributed by atoms with Crippen molar-refractivity contribution in [1.82, 2.24) is 0 Å². The van der Waals surface area contributed by atoms with Crippen LogP contribution < -0.4 is 15.0 Å². The van der Waals surface area contributed by atoms with E-state index < -0.39 is 17.3 Å². The highest BCUT2D eigenvalue weighted by atomic mass is 19.4. The number of anilines is 2. The van der Waals surface area contributed by atoms with Gasteiger partial charge in [-0.1, -0.05) is 12.1 Å². The van der Waals surface area contributed by atoms with Crippen LogP contribution in [0.3, 0.4) is 0 Å². The molecule has 0 aromatic heterocycles. The van der Waals surface area contributed by atoms with Crippen molar-refractivity contribution >= 4 is 17.3 Å². The van der Waals surface area contributed by atoms with Gasteiger partial charge in [-0.25, -0.2) is 0 Å². The highest BCUT2D eigenvalue weighted by Crippen LogP contribution is 2.47. The molecule has 2 aromatic rings. The summed E-state index contributed by atoms with van der Waals surface area (Å²) in [4.78, 5) is 13.7. The van der Waals surface area contributed by atoms with Gasteiger partial charge in [-0.3, -0.25) is 4.79 Å². The van der Waals surface area contributed by atoms with Crippen molar-refractivity contribution in [3.63, 3.8) is 0 Å². The van der Waals surface area contributed by atoms with Gasteiger partial charge < -0.3 is 19.7 Å². The van der Waals surface area contributed by atoms with Crippen molar-refractivity contribution in [1.29, 1.82) is 0 Å². The minimum atomic E-state index is -4.50. The van der Waals surface area contributed by atoms with Gasteiger partial charge >= 0.3 is 12.1 Å². The average molecular weight is 434 g/mol. The van der Waals surface area contributed by atoms with E-state index >= 15 is 0 Å². The molecular formula is C23H25F3N2O3. The third-order valence-corrected chi connectivity index (χ3v) is 6.14. The van der Waals surface area contributed by atoms with E-state index in [9.17, 15) is 18.0 Å². The molecule has 0 bridgehead atoms. The van der Waals surface area contributed by atoms with Gasteiger partial charge in [-0.15, -0.1) is 0 Å². The number of carbonyl (C=O) groups is 1. The fourth-order valence-corrected chi connectivity index (χ4v) is 3.87. The van der Waals surface area contributed by atoms with E-state index in [1.165, 1.54) is 7.11 Å². The summed E-state index contributed by atoms with van der Waals surface area (Å²) in [6, 6.07) is 9.42. The van der Waals surface area contributed by atoms with Gasteiger partial charge in [0, 0.05) is 24.3 Å². The summed E-state index contributed by atoms with van der Waals surface area (Å²) >= 11 is 0. The first-order valence-corrected chi connectivity index (χ1v) is 10.1. The van der Waals surface area contributed by atoms with E-state index in [-0.39, 0.29) is 23.7 Å². The fraction of sp³-hybridized carbons (Fsp3) is 0.435. The molecule has 0 saturated carbocycles. The van der Waals surface area contributed by atoms with Gasteiger partial charge in [0.2, 0.25) is 0 Å². The quantitative estimate of drug-likeness (QED) is 0.693. The molecule has 1 atom stereocenters. The SMILES string of the molecule is COC(=O)C1CN(c2cccc(-c3cc(C(F)(F)F)cc4c3NC(C)C(C)(C)O4)c2)C1. The van der Waals surface area contributed by atoms with Gasteiger partial charge in [0.1, 0.15) is 11.4 Å². The number of alkyl halides is 3. The first-order chi connectivity index (χ1) is 14.5. The van der Waals surface area contributed by atoms with Gasteiger partial charge in [-0.05, 0) is 50.6 Å². The molecule has 1 unspecified atom stereocenters. The van der Waals surface area contributed by atoms with Crippen molar-refractivity contribution in [2.24, 2.45) is 5.92 Å². The Morgan fingerprint density at radius 3 is 2.58 bits per heavy atom. The van der Waals surface area contributed by atoms with E-state index in [1.54, 1.807) is 12.1 Å². The number of esters is 1. The van der Waals surface area contributed by atoms with Crippen molar-refractivity contribution in [3.05, 3.63) is 42.0 Å². The Hall–Kier alpha value is -2.90. The zero-order chi connectivity index (χ0) is 22.6. The molecule has 2 aromatic carbocycles. The molecular weight excluding hydrogens is 409 g/mol. The molecule has 4 rings (SSSR count). The Morgan fingerprint density at radius 1 is 1.23 bits per heavy atom. The molecule has 2 aliphatic heterocycles. The van der Waals surface area contributed by atoms with Gasteiger partial charge in [-0.2, -0.15) is 13.2 Å². The maximum atomic E-state index is 13.6. The molecule has 2 heterocycles. The number of hydrogen-bond acceptors (Lipinski definition) is 5. The van der Waals surface area contributed by atoms with Gasteiger partial charge in [0.25, 0.3) is 0 Å². The zero-order valence-electron chi connectivity index (χ0n) is 17.8. The molecule has 1 N–H and O–H groups in total. The third kappa shape index (κ3) is 3.91. The second-order valence-corrected chi connectivity index (χ2v) is 8.64. The fourth-order valence-electron chi connectivity index (χ4n) is 3.87. The maximum Gasteiger partial charge on any atom is 0.416 e. The Bertz CT molecular complexity index is 1010. The minimum Gasteiger partial charge on any atom is -0.484 e. The highest BCUT2D eigenvalue weighted by Gasteiger charge is 2.39. The first-order valence-electron chi connectivity index (χ1n) is 10.1. The summed E-state index contributed by atoms with van der Waals surface area (Å²) in [6.07, 6.45) is -4.50. The number of nitrogens with zero attached hydrogens (tertiary/aromatic N) is 1. The standard InChI is InChI=1S/C23H25F3N2O3/c1-13-22(2,3)31-19-10-16(23(24,25)26)9-18(20(19)27-13)14-6-5-7-17(8-14)28-11-15(12-28)21(29)30-4/h5-10,13,15,27H,11-12H2,1-4H3. The molecule has 5 nitrogen and oxygen atoms in total. The Labute approximate surface area is 179 Å². The van der Waals surface area contributed by atoms with Crippen LogP contribution >= 0.6 is 0 Å². The maximum absolute atomic E-state index is 13.6. The van der Waals surface area contributed by atoms with E-state index in [0.717, 1.165) is 17.8 Å². The smallest absolute Gasteiger partial charge is 0.416 e. The molecule has 0 amide bonds. The number of benzene rings is 2. The molecule has 31 heavy (non-hydrogen) atoms. The van der Waals surface area contributed by atoms with E-state index in [4.69, 9.17) is 9.47 Å². The largest absolute Gasteiger partial charge is 0.484 e. The van der Waals surface area contributed by atoms with Crippen LogP contribution in [-0.2, 0) is 15.7 Å². The zero-order valence-corrected chi connectivity index (χ0v) is 17.8. The molecule has 1 fully saturated rings. The number of rotatable bonds is 3. The lowest BCUT2D eigenvalue weighted by molar-refractivity contribution is -0.146. The number of hydrogen-bond donors (Lipinski definition) is 1. The molecule has 0 aliphatic carbocycles. The van der Waals surface area contributed by atoms with Crippen molar-refractivity contribution in [3.8, 4) is 16.9 Å². The molecule has 2 aliphatic rings. The normalized spacial score (nSPS) is 20.2. The molecule has 0 radical (unpaired) electrons. The summed E-state index contributed by atoms with van der Waals surface area (Å²) in [5.41, 5.74) is 1.05. The molecule has 1 saturated heterocycles. The second kappa shape index (κ2) is 7.35. The van der Waals surface area contributed by atoms with Crippen LogP contribution in [0.15, 0.2) is 36.4 Å². The lowest BCUT2D eigenvalue weighted by Gasteiger charge is -2.41. The summed E-state index contributed by atoms with van der Waals surface area (Å²) in [5, 5.41) is 3.33. The number of carbonyl (C=O) groups excluding carboxylic acids is 1. The van der Waals surface area contributed by atoms with E-state index in [1.807, 2.05) is 37.8 Å². The Morgan fingerprint density at radius 2 is 1.94 bits per heavy atom. The topological polar surface area (TPSA) is 50.8 Å². The minimum absolute atomic E-state index is 0.102. The van der Waals surface area contributed by atoms with E-state index in [0.29, 0.717) is 29.9 Å². The molecule has 166 valence electrons. The predicted octanol–water partition coefficient (Wildman–Crippen LogP) is 4.95. The summed E-state index contributed by atoms with van der Waals surface area (Å²) in [5.74, 6) is -0.251. The Balaban J connectivity index is 1.74. The number of halogens is 3. The molecule has 8 heteroatoms. The lowest BCUT2D eigenvalue weighted by atomic mass is 9.92. The predicted molar refractivity (Wildman–Crippen MR) is 112 cm³/mol. The van der Waals surface area contributed by atoms with Crippen LogP contribution in [0.25, 0.3) is 11.1 Å². The monoisotopic (exact) mass is 434 g/mol. The lowest BCUT2D eigenvalue weighted by Crippen LogP contribution is -2.50. The number of methoxy groups -OCH3 is 1.